The van der Waals surface area contributed by atoms with E-state index >= 15 is 0 Å². The van der Waals surface area contributed by atoms with Crippen LogP contribution < -0.4 is 14.8 Å². The van der Waals surface area contributed by atoms with E-state index in [4.69, 9.17) is 9.47 Å². The Balaban J connectivity index is 1.97. The maximum atomic E-state index is 12.6. The number of thioether (sulfide) groups is 1. The number of benzene rings is 2. The number of anilines is 1. The fourth-order valence-corrected chi connectivity index (χ4v) is 3.90. The summed E-state index contributed by atoms with van der Waals surface area (Å²) < 4.78 is 11.5. The minimum Gasteiger partial charge on any atom is -0.495 e. The van der Waals surface area contributed by atoms with Crippen LogP contribution in [0.25, 0.3) is 10.2 Å². The number of hydrogen-bond acceptors (Lipinski definition) is 6. The molecule has 0 spiro atoms. The van der Waals surface area contributed by atoms with Crippen molar-refractivity contribution in [2.24, 2.45) is 0 Å². The minimum absolute atomic E-state index is 0.183. The maximum Gasteiger partial charge on any atom is 0.258 e. The van der Waals surface area contributed by atoms with Gasteiger partial charge in [-0.2, -0.15) is 0 Å². The van der Waals surface area contributed by atoms with Gasteiger partial charge in [-0.05, 0) is 30.5 Å². The van der Waals surface area contributed by atoms with Crippen LogP contribution in [-0.4, -0.2) is 31.4 Å². The number of methoxy groups -OCH3 is 2. The van der Waals surface area contributed by atoms with Crippen molar-refractivity contribution in [3.63, 3.8) is 0 Å². The molecule has 1 N–H and O–H groups in total. The first-order valence-electron chi connectivity index (χ1n) is 7.13. The molecule has 0 unspecified atom stereocenters. The van der Waals surface area contributed by atoms with Crippen LogP contribution in [0.3, 0.4) is 0 Å². The third-order valence-corrected chi connectivity index (χ3v) is 5.26. The van der Waals surface area contributed by atoms with Crippen LogP contribution in [0.5, 0.6) is 11.5 Å². The zero-order chi connectivity index (χ0) is 17.1. The van der Waals surface area contributed by atoms with Gasteiger partial charge in [0.05, 0.1) is 19.8 Å². The molecule has 0 radical (unpaired) electrons. The Kier molecular flexibility index (Phi) is 4.92. The number of aromatic nitrogens is 1. The Morgan fingerprint density at radius 1 is 1.12 bits per heavy atom. The number of ether oxygens (including phenoxy) is 2. The number of nitrogens with one attached hydrogen (secondary N) is 1. The van der Waals surface area contributed by atoms with Gasteiger partial charge in [-0.1, -0.05) is 23.5 Å². The van der Waals surface area contributed by atoms with E-state index in [1.54, 1.807) is 26.4 Å². The lowest BCUT2D eigenvalue weighted by molar-refractivity contribution is 0.102. The van der Waals surface area contributed by atoms with Crippen molar-refractivity contribution >= 4 is 44.4 Å². The fourth-order valence-electron chi connectivity index (χ4n) is 2.34. The molecule has 3 aromatic rings. The van der Waals surface area contributed by atoms with Gasteiger partial charge in [-0.3, -0.25) is 10.1 Å². The molecule has 0 aliphatic heterocycles. The molecular weight excluding hydrogens is 344 g/mol. The van der Waals surface area contributed by atoms with Crippen molar-refractivity contribution < 1.29 is 14.3 Å². The molecule has 0 atom stereocenters. The first kappa shape index (κ1) is 16.6. The van der Waals surface area contributed by atoms with E-state index in [1.807, 2.05) is 30.5 Å². The van der Waals surface area contributed by atoms with E-state index in [0.29, 0.717) is 27.7 Å². The van der Waals surface area contributed by atoms with Crippen molar-refractivity contribution in [1.29, 1.82) is 0 Å². The van der Waals surface area contributed by atoms with Crippen LogP contribution in [0.1, 0.15) is 10.4 Å². The Morgan fingerprint density at radius 3 is 2.54 bits per heavy atom. The third kappa shape index (κ3) is 3.05. The van der Waals surface area contributed by atoms with E-state index < -0.39 is 0 Å². The number of nitrogens with zero attached hydrogens (tertiary/aromatic N) is 1. The zero-order valence-electron chi connectivity index (χ0n) is 13.5. The lowest BCUT2D eigenvalue weighted by Crippen LogP contribution is -2.12. The number of fused-ring (bicyclic) bond motifs is 1. The van der Waals surface area contributed by atoms with Gasteiger partial charge >= 0.3 is 0 Å². The van der Waals surface area contributed by atoms with Crippen molar-refractivity contribution in [2.75, 3.05) is 25.8 Å². The van der Waals surface area contributed by atoms with Crippen molar-refractivity contribution in [3.8, 4) is 11.5 Å². The topological polar surface area (TPSA) is 60.5 Å². The largest absolute Gasteiger partial charge is 0.495 e. The van der Waals surface area contributed by atoms with Crippen molar-refractivity contribution in [2.45, 2.75) is 4.90 Å². The number of thiazole rings is 1. The average Bonchev–Trinajstić information content (AvgIpc) is 3.04. The van der Waals surface area contributed by atoms with Gasteiger partial charge in [0.1, 0.15) is 21.7 Å². The van der Waals surface area contributed by atoms with Gasteiger partial charge in [-0.15, -0.1) is 11.8 Å². The molecule has 3 rings (SSSR count). The first-order chi connectivity index (χ1) is 11.7. The Morgan fingerprint density at radius 2 is 1.83 bits per heavy atom. The molecule has 1 heterocycles. The first-order valence-corrected chi connectivity index (χ1v) is 9.18. The highest BCUT2D eigenvalue weighted by Gasteiger charge is 2.17. The van der Waals surface area contributed by atoms with E-state index in [1.165, 1.54) is 23.1 Å². The van der Waals surface area contributed by atoms with Gasteiger partial charge in [0, 0.05) is 4.90 Å². The summed E-state index contributed by atoms with van der Waals surface area (Å²) in [5, 5.41) is 3.38. The molecule has 0 fully saturated rings. The molecule has 0 aliphatic carbocycles. The van der Waals surface area contributed by atoms with Crippen LogP contribution in [0.4, 0.5) is 5.13 Å². The Labute approximate surface area is 148 Å². The highest BCUT2D eigenvalue weighted by Crippen LogP contribution is 2.39. The van der Waals surface area contributed by atoms with Crippen LogP contribution in [0, 0.1) is 0 Å². The summed E-state index contributed by atoms with van der Waals surface area (Å²) >= 11 is 2.89. The molecule has 5 nitrogen and oxygen atoms in total. The number of rotatable bonds is 5. The van der Waals surface area contributed by atoms with Crippen LogP contribution >= 0.6 is 23.1 Å². The predicted molar refractivity (Wildman–Crippen MR) is 98.9 cm³/mol. The van der Waals surface area contributed by atoms with Gasteiger partial charge in [-0.25, -0.2) is 4.98 Å². The number of amides is 1. The van der Waals surface area contributed by atoms with Crippen LogP contribution in [0.2, 0.25) is 0 Å². The average molecular weight is 360 g/mol. The second-order valence-corrected chi connectivity index (χ2v) is 6.67. The second-order valence-electron chi connectivity index (χ2n) is 4.82. The number of carbonyl (C=O) groups excluding carboxylic acids is 1. The standard InChI is InChI=1S/C17H16N2O3S2/c1-21-11-8-9-12(22-2)15-14(11)18-17(24-15)19-16(20)10-6-4-5-7-13(10)23-3/h4-9H,1-3H3,(H,18,19,20). The summed E-state index contributed by atoms with van der Waals surface area (Å²) in [6.07, 6.45) is 1.94. The summed E-state index contributed by atoms with van der Waals surface area (Å²) in [6, 6.07) is 11.1. The molecule has 0 saturated carbocycles. The quantitative estimate of drug-likeness (QED) is 0.688. The minimum atomic E-state index is -0.183. The third-order valence-electron chi connectivity index (χ3n) is 3.48. The highest BCUT2D eigenvalue weighted by molar-refractivity contribution is 7.98. The second kappa shape index (κ2) is 7.11. The summed E-state index contributed by atoms with van der Waals surface area (Å²) in [5.41, 5.74) is 1.30. The molecule has 2 aromatic carbocycles. The molecule has 124 valence electrons. The van der Waals surface area contributed by atoms with Gasteiger partial charge in [0.25, 0.3) is 5.91 Å². The zero-order valence-corrected chi connectivity index (χ0v) is 15.1. The number of carbonyl (C=O) groups is 1. The summed E-state index contributed by atoms with van der Waals surface area (Å²) in [4.78, 5) is 18.0. The fraction of sp³-hybridized carbons (Fsp3) is 0.176. The Bertz CT molecular complexity index is 852. The summed E-state index contributed by atoms with van der Waals surface area (Å²) in [5.74, 6) is 1.16. The van der Waals surface area contributed by atoms with E-state index in [-0.39, 0.29) is 5.91 Å². The molecule has 7 heteroatoms. The monoisotopic (exact) mass is 360 g/mol. The molecular formula is C17H16N2O3S2. The van der Waals surface area contributed by atoms with Gasteiger partial charge in [0.15, 0.2) is 5.13 Å². The smallest absolute Gasteiger partial charge is 0.258 e. The Hall–Kier alpha value is -2.25. The highest BCUT2D eigenvalue weighted by atomic mass is 32.2. The van der Waals surface area contributed by atoms with Crippen LogP contribution in [-0.2, 0) is 0 Å². The van der Waals surface area contributed by atoms with E-state index in [9.17, 15) is 4.79 Å². The summed E-state index contributed by atoms with van der Waals surface area (Å²) in [6.45, 7) is 0. The molecule has 0 bridgehead atoms. The normalized spacial score (nSPS) is 10.6. The van der Waals surface area contributed by atoms with Gasteiger partial charge < -0.3 is 9.47 Å². The molecule has 0 aliphatic rings. The molecule has 1 amide bonds. The van der Waals surface area contributed by atoms with Gasteiger partial charge in [0.2, 0.25) is 0 Å². The van der Waals surface area contributed by atoms with Crippen molar-refractivity contribution in [3.05, 3.63) is 42.0 Å². The molecule has 0 saturated heterocycles. The number of hydrogen-bond donors (Lipinski definition) is 1. The summed E-state index contributed by atoms with van der Waals surface area (Å²) in [7, 11) is 3.20. The molecule has 1 aromatic heterocycles. The molecule has 24 heavy (non-hydrogen) atoms. The van der Waals surface area contributed by atoms with Crippen molar-refractivity contribution in [1.82, 2.24) is 4.98 Å². The van der Waals surface area contributed by atoms with E-state index in [2.05, 4.69) is 10.3 Å². The van der Waals surface area contributed by atoms with E-state index in [0.717, 1.165) is 9.60 Å². The lowest BCUT2D eigenvalue weighted by atomic mass is 10.2. The SMILES string of the molecule is COc1ccc(OC)c2sc(NC(=O)c3ccccc3SC)nc12. The lowest BCUT2D eigenvalue weighted by Gasteiger charge is -2.05. The van der Waals surface area contributed by atoms with Crippen LogP contribution in [0.15, 0.2) is 41.3 Å². The predicted octanol–water partition coefficient (Wildman–Crippen LogP) is 4.29. The maximum absolute atomic E-state index is 12.6.